The second-order valence-corrected chi connectivity index (χ2v) is 7.64. The maximum atomic E-state index is 12.1. The Morgan fingerprint density at radius 1 is 1.13 bits per heavy atom. The van der Waals surface area contributed by atoms with Gasteiger partial charge in [-0.2, -0.15) is 17.7 Å². The highest BCUT2D eigenvalue weighted by Gasteiger charge is 2.20. The summed E-state index contributed by atoms with van der Waals surface area (Å²) in [4.78, 5) is 4.31. The molecule has 0 spiro atoms. The Balaban J connectivity index is 2.16. The van der Waals surface area contributed by atoms with Crippen LogP contribution in [0.4, 0.5) is 5.69 Å². The van der Waals surface area contributed by atoms with Gasteiger partial charge in [0.1, 0.15) is 0 Å². The van der Waals surface area contributed by atoms with Crippen LogP contribution in [0.15, 0.2) is 28.8 Å². The van der Waals surface area contributed by atoms with Crippen molar-refractivity contribution in [1.29, 1.82) is 0 Å². The molecule has 0 bridgehead atoms. The molecule has 0 saturated carbocycles. The van der Waals surface area contributed by atoms with Gasteiger partial charge in [0, 0.05) is 30.3 Å². The molecule has 23 heavy (non-hydrogen) atoms. The minimum atomic E-state index is -3.57. The zero-order valence-corrected chi connectivity index (χ0v) is 14.8. The van der Waals surface area contributed by atoms with Crippen LogP contribution in [0.3, 0.4) is 0 Å². The molecule has 1 N–H and O–H groups in total. The monoisotopic (exact) mass is 338 g/mol. The molecule has 7 nitrogen and oxygen atoms in total. The summed E-state index contributed by atoms with van der Waals surface area (Å²) in [6.07, 6.45) is 0. The van der Waals surface area contributed by atoms with Gasteiger partial charge in [-0.05, 0) is 38.1 Å². The maximum Gasteiger partial charge on any atom is 0.301 e. The number of nitrogens with zero attached hydrogens (tertiary/aromatic N) is 3. The molecule has 0 aliphatic rings. The van der Waals surface area contributed by atoms with Crippen molar-refractivity contribution in [3.63, 3.8) is 0 Å². The van der Waals surface area contributed by atoms with Gasteiger partial charge >= 0.3 is 10.2 Å². The largest absolute Gasteiger partial charge is 0.334 e. The normalized spacial score (nSPS) is 12.3. The Hall–Kier alpha value is -1.93. The second kappa shape index (κ2) is 6.67. The molecule has 1 aromatic heterocycles. The van der Waals surface area contributed by atoms with E-state index in [-0.39, 0.29) is 12.0 Å². The van der Waals surface area contributed by atoms with E-state index in [1.165, 1.54) is 11.4 Å². The van der Waals surface area contributed by atoms with Gasteiger partial charge in [0.15, 0.2) is 5.82 Å². The average molecular weight is 338 g/mol. The minimum absolute atomic E-state index is 0.125. The zero-order chi connectivity index (χ0) is 17.2. The van der Waals surface area contributed by atoms with Crippen molar-refractivity contribution in [1.82, 2.24) is 14.4 Å². The number of anilines is 1. The van der Waals surface area contributed by atoms with Crippen molar-refractivity contribution in [2.45, 2.75) is 39.7 Å². The van der Waals surface area contributed by atoms with Gasteiger partial charge in [0.25, 0.3) is 5.89 Å². The maximum absolute atomic E-state index is 12.1. The zero-order valence-electron chi connectivity index (χ0n) is 13.9. The third kappa shape index (κ3) is 4.08. The summed E-state index contributed by atoms with van der Waals surface area (Å²) in [5.41, 5.74) is 1.22. The van der Waals surface area contributed by atoms with Gasteiger partial charge in [-0.15, -0.1) is 0 Å². The van der Waals surface area contributed by atoms with E-state index in [9.17, 15) is 8.42 Å². The van der Waals surface area contributed by atoms with Crippen LogP contribution in [0.2, 0.25) is 0 Å². The van der Waals surface area contributed by atoms with E-state index < -0.39 is 10.2 Å². The number of rotatable bonds is 6. The summed E-state index contributed by atoms with van der Waals surface area (Å²) < 4.78 is 33.3. The lowest BCUT2D eigenvalue weighted by atomic mass is 10.2. The quantitative estimate of drug-likeness (QED) is 0.875. The van der Waals surface area contributed by atoms with Crippen LogP contribution >= 0.6 is 0 Å². The van der Waals surface area contributed by atoms with Gasteiger partial charge in [0.05, 0.1) is 0 Å². The molecule has 0 amide bonds. The van der Waals surface area contributed by atoms with E-state index >= 15 is 0 Å². The summed E-state index contributed by atoms with van der Waals surface area (Å²) in [7, 11) is -2.03. The Morgan fingerprint density at radius 3 is 2.22 bits per heavy atom. The highest BCUT2D eigenvalue weighted by Crippen LogP contribution is 2.22. The second-order valence-electron chi connectivity index (χ2n) is 5.91. The SMILES string of the molecule is CC(C)c1noc(-c2ccc(NS(=O)(=O)N(C)C(C)C)cc2)n1. The summed E-state index contributed by atoms with van der Waals surface area (Å²) in [5, 5.41) is 3.91. The predicted octanol–water partition coefficient (Wildman–Crippen LogP) is 2.86. The van der Waals surface area contributed by atoms with Crippen LogP contribution in [0.25, 0.3) is 11.5 Å². The molecule has 0 unspecified atom stereocenters. The molecular formula is C15H22N4O3S. The first kappa shape index (κ1) is 17.4. The van der Waals surface area contributed by atoms with Crippen molar-refractivity contribution < 1.29 is 12.9 Å². The van der Waals surface area contributed by atoms with Crippen LogP contribution in [-0.4, -0.2) is 36.0 Å². The Bertz CT molecular complexity index is 751. The fourth-order valence-corrected chi connectivity index (χ4v) is 2.90. The fourth-order valence-electron chi connectivity index (χ4n) is 1.77. The Morgan fingerprint density at radius 2 is 1.74 bits per heavy atom. The van der Waals surface area contributed by atoms with Crippen LogP contribution in [0.5, 0.6) is 0 Å². The molecule has 0 saturated heterocycles. The van der Waals surface area contributed by atoms with Crippen molar-refractivity contribution in [2.24, 2.45) is 0 Å². The van der Waals surface area contributed by atoms with Gasteiger partial charge in [0.2, 0.25) is 0 Å². The van der Waals surface area contributed by atoms with Crippen molar-refractivity contribution in [2.75, 3.05) is 11.8 Å². The van der Waals surface area contributed by atoms with Gasteiger partial charge < -0.3 is 4.52 Å². The Kier molecular flexibility index (Phi) is 5.06. The lowest BCUT2D eigenvalue weighted by Gasteiger charge is -2.21. The van der Waals surface area contributed by atoms with Crippen molar-refractivity contribution in [3.05, 3.63) is 30.1 Å². The van der Waals surface area contributed by atoms with E-state index in [1.54, 1.807) is 24.3 Å². The third-order valence-corrected chi connectivity index (χ3v) is 5.12. The molecule has 0 aliphatic carbocycles. The van der Waals surface area contributed by atoms with Gasteiger partial charge in [-0.25, -0.2) is 0 Å². The van der Waals surface area contributed by atoms with E-state index in [1.807, 2.05) is 27.7 Å². The van der Waals surface area contributed by atoms with E-state index in [0.717, 1.165) is 5.56 Å². The molecule has 2 aromatic rings. The highest BCUT2D eigenvalue weighted by atomic mass is 32.2. The average Bonchev–Trinajstić information content (AvgIpc) is 2.96. The van der Waals surface area contributed by atoms with Crippen LogP contribution in [-0.2, 0) is 10.2 Å². The molecule has 0 fully saturated rings. The summed E-state index contributed by atoms with van der Waals surface area (Å²) in [6.45, 7) is 7.59. The molecular weight excluding hydrogens is 316 g/mol. The lowest BCUT2D eigenvalue weighted by molar-refractivity contribution is 0.414. The molecule has 1 heterocycles. The molecule has 1 aromatic carbocycles. The molecule has 126 valence electrons. The number of hydrogen-bond acceptors (Lipinski definition) is 5. The van der Waals surface area contributed by atoms with Crippen molar-refractivity contribution >= 4 is 15.9 Å². The standard InChI is InChI=1S/C15H22N4O3S/c1-10(2)14-16-15(22-17-14)12-6-8-13(9-7-12)18-23(20,21)19(5)11(3)4/h6-11,18H,1-5H3. The first-order valence-electron chi connectivity index (χ1n) is 7.40. The lowest BCUT2D eigenvalue weighted by Crippen LogP contribution is -2.37. The number of nitrogens with one attached hydrogen (secondary N) is 1. The van der Waals surface area contributed by atoms with Crippen molar-refractivity contribution in [3.8, 4) is 11.5 Å². The van der Waals surface area contributed by atoms with Gasteiger partial charge in [-0.1, -0.05) is 19.0 Å². The van der Waals surface area contributed by atoms with E-state index in [4.69, 9.17) is 4.52 Å². The third-order valence-electron chi connectivity index (χ3n) is 3.44. The molecule has 0 aliphatic heterocycles. The first-order chi connectivity index (χ1) is 10.7. The summed E-state index contributed by atoms with van der Waals surface area (Å²) >= 11 is 0. The molecule has 0 atom stereocenters. The van der Waals surface area contributed by atoms with Crippen LogP contribution in [0.1, 0.15) is 39.4 Å². The van der Waals surface area contributed by atoms with Crippen LogP contribution in [0, 0.1) is 0 Å². The molecule has 8 heteroatoms. The topological polar surface area (TPSA) is 88.3 Å². The summed E-state index contributed by atoms with van der Waals surface area (Å²) in [6, 6.07) is 6.69. The predicted molar refractivity (Wildman–Crippen MR) is 89.3 cm³/mol. The number of hydrogen-bond donors (Lipinski definition) is 1. The first-order valence-corrected chi connectivity index (χ1v) is 8.84. The van der Waals surface area contributed by atoms with Crippen LogP contribution < -0.4 is 4.72 Å². The van der Waals surface area contributed by atoms with E-state index in [0.29, 0.717) is 17.4 Å². The highest BCUT2D eigenvalue weighted by molar-refractivity contribution is 7.90. The fraction of sp³-hybridized carbons (Fsp3) is 0.467. The Labute approximate surface area is 136 Å². The molecule has 2 rings (SSSR count). The smallest absolute Gasteiger partial charge is 0.301 e. The summed E-state index contributed by atoms with van der Waals surface area (Å²) in [5.74, 6) is 1.25. The number of aromatic nitrogens is 2. The van der Waals surface area contributed by atoms with Gasteiger partial charge in [-0.3, -0.25) is 4.72 Å². The number of benzene rings is 1. The minimum Gasteiger partial charge on any atom is -0.334 e. The molecule has 0 radical (unpaired) electrons. The van der Waals surface area contributed by atoms with E-state index in [2.05, 4.69) is 14.9 Å².